The average molecular weight is 297 g/mol. The number of benzene rings is 1. The van der Waals surface area contributed by atoms with E-state index in [1.54, 1.807) is 12.1 Å². The molecule has 1 aromatic rings. The quantitative estimate of drug-likeness (QED) is 0.908. The lowest BCUT2D eigenvalue weighted by atomic mass is 10.1. The molecule has 20 heavy (non-hydrogen) atoms. The minimum Gasteiger partial charge on any atom is -0.381 e. The zero-order valence-corrected chi connectivity index (χ0v) is 13.4. The first-order valence-electron chi connectivity index (χ1n) is 7.22. The van der Waals surface area contributed by atoms with E-state index < -0.39 is 0 Å². The molecule has 0 aromatic heterocycles. The van der Waals surface area contributed by atoms with Crippen LogP contribution in [-0.4, -0.2) is 24.0 Å². The van der Waals surface area contributed by atoms with Crippen molar-refractivity contribution in [3.8, 4) is 0 Å². The Hall–Kier alpha value is -0.580. The second-order valence-corrected chi connectivity index (χ2v) is 7.63. The molecule has 4 heteroatoms. The summed E-state index contributed by atoms with van der Waals surface area (Å²) in [6, 6.07) is 5.12. The fraction of sp³-hybridized carbons (Fsp3) is 0.625. The van der Waals surface area contributed by atoms with Gasteiger partial charge in [-0.25, -0.2) is 4.39 Å². The second-order valence-electron chi connectivity index (χ2n) is 6.29. The zero-order valence-electron chi connectivity index (χ0n) is 12.5. The molecular formula is C16H24FNOS. The van der Waals surface area contributed by atoms with E-state index in [1.165, 1.54) is 4.90 Å². The number of ether oxygens (including phenoxy) is 1. The fourth-order valence-electron chi connectivity index (χ4n) is 2.13. The Morgan fingerprint density at radius 1 is 1.30 bits per heavy atom. The monoisotopic (exact) mass is 297 g/mol. The molecule has 112 valence electrons. The summed E-state index contributed by atoms with van der Waals surface area (Å²) >= 11 is 1.86. The SMILES string of the molecule is CC(C)(C)NCc1cc(F)ccc1SC1CCOCC1. The van der Waals surface area contributed by atoms with Gasteiger partial charge in [0.1, 0.15) is 5.82 Å². The summed E-state index contributed by atoms with van der Waals surface area (Å²) in [5.41, 5.74) is 1.09. The number of hydrogen-bond acceptors (Lipinski definition) is 3. The molecule has 0 amide bonds. The molecule has 2 nitrogen and oxygen atoms in total. The van der Waals surface area contributed by atoms with Gasteiger partial charge in [-0.3, -0.25) is 0 Å². The van der Waals surface area contributed by atoms with Crippen LogP contribution in [0.2, 0.25) is 0 Å². The van der Waals surface area contributed by atoms with Gasteiger partial charge in [0, 0.05) is 35.4 Å². The van der Waals surface area contributed by atoms with E-state index in [1.807, 2.05) is 17.8 Å². The summed E-state index contributed by atoms with van der Waals surface area (Å²) in [4.78, 5) is 1.19. The minimum absolute atomic E-state index is 0.0347. The van der Waals surface area contributed by atoms with Gasteiger partial charge in [-0.1, -0.05) is 0 Å². The number of halogens is 1. The smallest absolute Gasteiger partial charge is 0.123 e. The zero-order chi connectivity index (χ0) is 14.6. The van der Waals surface area contributed by atoms with Gasteiger partial charge in [-0.2, -0.15) is 0 Å². The summed E-state index contributed by atoms with van der Waals surface area (Å²) in [6.45, 7) is 8.75. The Bertz CT molecular complexity index is 439. The van der Waals surface area contributed by atoms with Crippen molar-refractivity contribution in [1.29, 1.82) is 0 Å². The molecule has 1 aromatic carbocycles. The van der Waals surface area contributed by atoms with Gasteiger partial charge in [0.25, 0.3) is 0 Å². The Morgan fingerprint density at radius 2 is 2.00 bits per heavy atom. The van der Waals surface area contributed by atoms with Gasteiger partial charge in [0.2, 0.25) is 0 Å². The third-order valence-electron chi connectivity index (χ3n) is 3.29. The highest BCUT2D eigenvalue weighted by Crippen LogP contribution is 2.32. The standard InChI is InChI=1S/C16H24FNOS/c1-16(2,3)18-11-12-10-13(17)4-5-15(12)20-14-6-8-19-9-7-14/h4-5,10,14,18H,6-9,11H2,1-3H3. The van der Waals surface area contributed by atoms with Crippen LogP contribution >= 0.6 is 11.8 Å². The minimum atomic E-state index is -0.160. The van der Waals surface area contributed by atoms with Crippen LogP contribution in [0.1, 0.15) is 39.2 Å². The molecule has 1 fully saturated rings. The second kappa shape index (κ2) is 6.92. The topological polar surface area (TPSA) is 21.3 Å². The molecular weight excluding hydrogens is 273 g/mol. The molecule has 0 unspecified atom stereocenters. The van der Waals surface area contributed by atoms with Crippen LogP contribution in [0.4, 0.5) is 4.39 Å². The molecule has 0 aliphatic carbocycles. The van der Waals surface area contributed by atoms with E-state index in [4.69, 9.17) is 4.74 Å². The van der Waals surface area contributed by atoms with E-state index in [2.05, 4.69) is 26.1 Å². The lowest BCUT2D eigenvalue weighted by Gasteiger charge is -2.24. The largest absolute Gasteiger partial charge is 0.381 e. The maximum Gasteiger partial charge on any atom is 0.123 e. The first-order valence-corrected chi connectivity index (χ1v) is 8.10. The van der Waals surface area contributed by atoms with Gasteiger partial charge in [-0.05, 0) is 57.4 Å². The molecule has 0 bridgehead atoms. The number of rotatable bonds is 4. The van der Waals surface area contributed by atoms with E-state index in [-0.39, 0.29) is 11.4 Å². The van der Waals surface area contributed by atoms with Crippen LogP contribution in [0.3, 0.4) is 0 Å². The Morgan fingerprint density at radius 3 is 2.65 bits per heavy atom. The molecule has 1 aliphatic heterocycles. The van der Waals surface area contributed by atoms with Gasteiger partial charge in [0.15, 0.2) is 0 Å². The number of nitrogens with one attached hydrogen (secondary N) is 1. The molecule has 2 rings (SSSR count). The third-order valence-corrected chi connectivity index (χ3v) is 4.75. The molecule has 0 radical (unpaired) electrons. The van der Waals surface area contributed by atoms with Crippen molar-refractivity contribution in [1.82, 2.24) is 5.32 Å². The Labute approximate surface area is 125 Å². The molecule has 1 N–H and O–H groups in total. The molecule has 0 atom stereocenters. The van der Waals surface area contributed by atoms with E-state index in [0.29, 0.717) is 11.8 Å². The van der Waals surface area contributed by atoms with Crippen molar-refractivity contribution in [2.75, 3.05) is 13.2 Å². The molecule has 1 aliphatic rings. The maximum absolute atomic E-state index is 13.5. The molecule has 0 saturated carbocycles. The lowest BCUT2D eigenvalue weighted by molar-refractivity contribution is 0.1000. The predicted molar refractivity (Wildman–Crippen MR) is 82.7 cm³/mol. The van der Waals surface area contributed by atoms with Crippen molar-refractivity contribution in [3.63, 3.8) is 0 Å². The van der Waals surface area contributed by atoms with Crippen LogP contribution in [0.5, 0.6) is 0 Å². The average Bonchev–Trinajstić information content (AvgIpc) is 2.39. The molecule has 1 heterocycles. The summed E-state index contributed by atoms with van der Waals surface area (Å²) < 4.78 is 18.9. The van der Waals surface area contributed by atoms with Crippen LogP contribution in [-0.2, 0) is 11.3 Å². The molecule has 1 saturated heterocycles. The highest BCUT2D eigenvalue weighted by atomic mass is 32.2. The highest BCUT2D eigenvalue weighted by molar-refractivity contribution is 8.00. The van der Waals surface area contributed by atoms with Crippen molar-refractivity contribution >= 4 is 11.8 Å². The predicted octanol–water partition coefficient (Wildman–Crippen LogP) is 3.98. The Kier molecular flexibility index (Phi) is 5.47. The van der Waals surface area contributed by atoms with Crippen molar-refractivity contribution in [3.05, 3.63) is 29.6 Å². The highest BCUT2D eigenvalue weighted by Gasteiger charge is 2.18. The first-order chi connectivity index (χ1) is 9.44. The van der Waals surface area contributed by atoms with Crippen LogP contribution < -0.4 is 5.32 Å². The van der Waals surface area contributed by atoms with Gasteiger partial charge in [0.05, 0.1) is 0 Å². The van der Waals surface area contributed by atoms with Crippen molar-refractivity contribution < 1.29 is 9.13 Å². The summed E-state index contributed by atoms with van der Waals surface area (Å²) in [5, 5.41) is 4.02. The summed E-state index contributed by atoms with van der Waals surface area (Å²) in [7, 11) is 0. The normalized spacial score (nSPS) is 17.4. The van der Waals surface area contributed by atoms with E-state index in [9.17, 15) is 4.39 Å². The first kappa shape index (κ1) is 15.8. The van der Waals surface area contributed by atoms with Gasteiger partial charge < -0.3 is 10.1 Å². The summed E-state index contributed by atoms with van der Waals surface area (Å²) in [6.07, 6.45) is 2.16. The summed E-state index contributed by atoms with van der Waals surface area (Å²) in [5.74, 6) is -0.160. The number of hydrogen-bond donors (Lipinski definition) is 1. The van der Waals surface area contributed by atoms with E-state index in [0.717, 1.165) is 31.6 Å². The van der Waals surface area contributed by atoms with Gasteiger partial charge >= 0.3 is 0 Å². The maximum atomic E-state index is 13.5. The third kappa shape index (κ3) is 5.08. The van der Waals surface area contributed by atoms with E-state index >= 15 is 0 Å². The van der Waals surface area contributed by atoms with Gasteiger partial charge in [-0.15, -0.1) is 11.8 Å². The Balaban J connectivity index is 2.06. The molecule has 0 spiro atoms. The van der Waals surface area contributed by atoms with Crippen LogP contribution in [0, 0.1) is 5.82 Å². The van der Waals surface area contributed by atoms with Crippen molar-refractivity contribution in [2.24, 2.45) is 0 Å². The number of thioether (sulfide) groups is 1. The van der Waals surface area contributed by atoms with Crippen molar-refractivity contribution in [2.45, 2.75) is 55.8 Å². The fourth-order valence-corrected chi connectivity index (χ4v) is 3.35. The van der Waals surface area contributed by atoms with Crippen LogP contribution in [0.15, 0.2) is 23.1 Å². The lowest BCUT2D eigenvalue weighted by Crippen LogP contribution is -2.35. The van der Waals surface area contributed by atoms with Crippen LogP contribution in [0.25, 0.3) is 0 Å².